The molecular weight excluding hydrogens is 386 g/mol. The van der Waals surface area contributed by atoms with Crippen molar-refractivity contribution in [1.82, 2.24) is 0 Å². The first kappa shape index (κ1) is 23.1. The van der Waals surface area contributed by atoms with Crippen LogP contribution in [-0.4, -0.2) is 29.0 Å². The van der Waals surface area contributed by atoms with E-state index in [0.29, 0.717) is 5.88 Å². The van der Waals surface area contributed by atoms with E-state index in [1.54, 1.807) is 4.99 Å². The van der Waals surface area contributed by atoms with Gasteiger partial charge in [-0.3, -0.25) is 0 Å². The molecule has 136 valence electrons. The summed E-state index contributed by atoms with van der Waals surface area (Å²) in [5.41, 5.74) is -0.0183. The zero-order valence-electron chi connectivity index (χ0n) is 16.9. The Morgan fingerprint density at radius 2 is 1.48 bits per heavy atom. The van der Waals surface area contributed by atoms with E-state index in [2.05, 4.69) is 95.2 Å². The van der Waals surface area contributed by atoms with E-state index in [1.165, 1.54) is 0 Å². The van der Waals surface area contributed by atoms with Gasteiger partial charge in [0.2, 0.25) is 14.2 Å². The van der Waals surface area contributed by atoms with Gasteiger partial charge in [-0.2, -0.15) is 0 Å². The highest BCUT2D eigenvalue weighted by Crippen LogP contribution is 2.39. The molecule has 0 aliphatic carbocycles. The van der Waals surface area contributed by atoms with E-state index in [-0.39, 0.29) is 16.6 Å². The summed E-state index contributed by atoms with van der Waals surface area (Å²) in [6.45, 7) is 24.3. The third-order valence-corrected chi connectivity index (χ3v) is 9.59. The van der Waals surface area contributed by atoms with Crippen molar-refractivity contribution >= 4 is 38.8 Å². The molecule has 0 aliphatic rings. The molecule has 23 heavy (non-hydrogen) atoms. The van der Waals surface area contributed by atoms with Crippen LogP contribution in [0.25, 0.3) is 0 Å². The first-order chi connectivity index (χ1) is 9.99. The Hall–Kier alpha value is 0.0838. The van der Waals surface area contributed by atoms with Gasteiger partial charge in [-0.1, -0.05) is 57.5 Å². The summed E-state index contributed by atoms with van der Waals surface area (Å²) in [6.07, 6.45) is 1.87. The maximum atomic E-state index is 6.59. The van der Waals surface area contributed by atoms with Crippen LogP contribution < -0.4 is 0 Å². The molecule has 0 N–H and O–H groups in total. The third kappa shape index (κ3) is 8.65. The fraction of sp³-hybridized carbons (Fsp3) is 0.824. The van der Waals surface area contributed by atoms with E-state index >= 15 is 0 Å². The van der Waals surface area contributed by atoms with Gasteiger partial charge in [0.05, 0.1) is 6.10 Å². The molecule has 0 aromatic rings. The van der Waals surface area contributed by atoms with Crippen molar-refractivity contribution in [2.45, 2.75) is 85.4 Å². The Balaban J connectivity index is 5.35. The molecule has 3 nitrogen and oxygen atoms in total. The minimum Gasteiger partial charge on any atom is -0.531 e. The Morgan fingerprint density at radius 3 is 1.78 bits per heavy atom. The van der Waals surface area contributed by atoms with E-state index in [1.807, 2.05) is 6.21 Å². The topological polar surface area (TPSA) is 30.8 Å². The minimum atomic E-state index is -1.86. The predicted octanol–water partition coefficient (Wildman–Crippen LogP) is 6.54. The molecule has 0 unspecified atom stereocenters. The summed E-state index contributed by atoms with van der Waals surface area (Å²) in [6, 6.07) is 0. The number of rotatable bonds is 6. The molecule has 0 bridgehead atoms. The number of aliphatic imine (C=N–C) groups is 1. The lowest BCUT2D eigenvalue weighted by molar-refractivity contribution is 0.133. The van der Waals surface area contributed by atoms with E-state index in [4.69, 9.17) is 8.85 Å². The normalized spacial score (nSPS) is 16.8. The molecular formula is C17H36BrNO2Si2. The lowest BCUT2D eigenvalue weighted by atomic mass is 9.90. The SMILES string of the molecule is CC(C)(C)[C@@H](/C=N/C(=C/Br)O[Si](C)(C)C)O[Si](C)(C)C(C)(C)C. The summed E-state index contributed by atoms with van der Waals surface area (Å²) in [4.78, 5) is 6.30. The molecule has 0 radical (unpaired) electrons. The van der Waals surface area contributed by atoms with E-state index in [0.717, 1.165) is 0 Å². The second-order valence-corrected chi connectivity index (χ2v) is 19.2. The largest absolute Gasteiger partial charge is 0.531 e. The monoisotopic (exact) mass is 421 g/mol. The fourth-order valence-electron chi connectivity index (χ4n) is 1.46. The van der Waals surface area contributed by atoms with Crippen LogP contribution >= 0.6 is 15.9 Å². The van der Waals surface area contributed by atoms with Gasteiger partial charge in [0.1, 0.15) is 0 Å². The summed E-state index contributed by atoms with van der Waals surface area (Å²) < 4.78 is 12.6. The van der Waals surface area contributed by atoms with Crippen LogP contribution in [0.15, 0.2) is 15.9 Å². The average Bonchev–Trinajstić information content (AvgIpc) is 2.28. The summed E-state index contributed by atoms with van der Waals surface area (Å²) in [7, 11) is -3.54. The zero-order chi connectivity index (χ0) is 18.7. The van der Waals surface area contributed by atoms with Gasteiger partial charge in [0.15, 0.2) is 8.32 Å². The van der Waals surface area contributed by atoms with Crippen LogP contribution in [0.2, 0.25) is 37.8 Å². The maximum absolute atomic E-state index is 6.59. The van der Waals surface area contributed by atoms with Crippen LogP contribution in [0.1, 0.15) is 41.5 Å². The molecule has 0 amide bonds. The Bertz CT molecular complexity index is 441. The molecule has 0 rings (SSSR count). The summed E-state index contributed by atoms with van der Waals surface area (Å²) in [5.74, 6) is 0.622. The number of hydrogen-bond acceptors (Lipinski definition) is 3. The molecule has 0 heterocycles. The Morgan fingerprint density at radius 1 is 1.00 bits per heavy atom. The third-order valence-electron chi connectivity index (χ3n) is 3.92. The fourth-order valence-corrected chi connectivity index (χ4v) is 3.98. The van der Waals surface area contributed by atoms with Gasteiger partial charge in [0.25, 0.3) is 0 Å². The molecule has 0 spiro atoms. The second-order valence-electron chi connectivity index (χ2n) is 9.60. The molecule has 0 aromatic carbocycles. The molecule has 0 aliphatic heterocycles. The van der Waals surface area contributed by atoms with E-state index < -0.39 is 16.6 Å². The van der Waals surface area contributed by atoms with Crippen LogP contribution in [-0.2, 0) is 8.85 Å². The van der Waals surface area contributed by atoms with Crippen LogP contribution in [0.3, 0.4) is 0 Å². The average molecular weight is 423 g/mol. The smallest absolute Gasteiger partial charge is 0.244 e. The summed E-state index contributed by atoms with van der Waals surface area (Å²) >= 11 is 3.35. The molecule has 0 aromatic heterocycles. The highest BCUT2D eigenvalue weighted by molar-refractivity contribution is 9.11. The van der Waals surface area contributed by atoms with Gasteiger partial charge in [-0.15, -0.1) is 0 Å². The lowest BCUT2D eigenvalue weighted by Crippen LogP contribution is -2.47. The summed E-state index contributed by atoms with van der Waals surface area (Å²) in [5, 5.41) is 0.174. The van der Waals surface area contributed by atoms with Crippen molar-refractivity contribution in [1.29, 1.82) is 0 Å². The van der Waals surface area contributed by atoms with Gasteiger partial charge >= 0.3 is 0 Å². The quantitative estimate of drug-likeness (QED) is 0.276. The highest BCUT2D eigenvalue weighted by atomic mass is 79.9. The Labute approximate surface area is 154 Å². The predicted molar refractivity (Wildman–Crippen MR) is 111 cm³/mol. The maximum Gasteiger partial charge on any atom is 0.244 e. The molecule has 0 saturated heterocycles. The number of nitrogens with zero attached hydrogens (tertiary/aromatic N) is 1. The number of halogens is 1. The van der Waals surface area contributed by atoms with Gasteiger partial charge in [-0.05, 0) is 43.2 Å². The first-order valence-electron chi connectivity index (χ1n) is 8.21. The van der Waals surface area contributed by atoms with Crippen molar-refractivity contribution in [3.8, 4) is 0 Å². The van der Waals surface area contributed by atoms with Crippen LogP contribution in [0.4, 0.5) is 0 Å². The van der Waals surface area contributed by atoms with Gasteiger partial charge in [-0.25, -0.2) is 4.99 Å². The van der Waals surface area contributed by atoms with Crippen molar-refractivity contribution in [3.63, 3.8) is 0 Å². The van der Waals surface area contributed by atoms with Crippen LogP contribution in [0, 0.1) is 5.41 Å². The van der Waals surface area contributed by atoms with Crippen molar-refractivity contribution in [2.75, 3.05) is 0 Å². The number of hydrogen-bond donors (Lipinski definition) is 0. The van der Waals surface area contributed by atoms with Crippen molar-refractivity contribution < 1.29 is 8.85 Å². The minimum absolute atomic E-state index is 0.0183. The first-order valence-corrected chi connectivity index (χ1v) is 15.4. The highest BCUT2D eigenvalue weighted by Gasteiger charge is 2.41. The molecule has 6 heteroatoms. The Kier molecular flexibility index (Phi) is 8.00. The second kappa shape index (κ2) is 7.98. The van der Waals surface area contributed by atoms with Gasteiger partial charge < -0.3 is 8.85 Å². The molecule has 0 saturated carbocycles. The van der Waals surface area contributed by atoms with Crippen molar-refractivity contribution in [2.24, 2.45) is 10.4 Å². The van der Waals surface area contributed by atoms with Crippen molar-refractivity contribution in [3.05, 3.63) is 10.9 Å². The van der Waals surface area contributed by atoms with Gasteiger partial charge in [0, 0.05) is 11.2 Å². The zero-order valence-corrected chi connectivity index (χ0v) is 20.5. The molecule has 1 atom stereocenters. The lowest BCUT2D eigenvalue weighted by Gasteiger charge is -2.42. The molecule has 0 fully saturated rings. The van der Waals surface area contributed by atoms with E-state index in [9.17, 15) is 0 Å². The standard InChI is InChI=1S/C17H36BrNO2Si2/c1-16(2,3)14(20-23(10,11)17(4,5)6)13-19-15(12-18)21-22(7,8)9/h12-14H,1-11H3/b15-12-,19-13+/t14-/m1/s1. The van der Waals surface area contributed by atoms with Crippen LogP contribution in [0.5, 0.6) is 0 Å².